The molecule has 3 rings (SSSR count). The Morgan fingerprint density at radius 1 is 1.14 bits per heavy atom. The summed E-state index contributed by atoms with van der Waals surface area (Å²) in [6.45, 7) is 5.84. The topological polar surface area (TPSA) is 25.2 Å². The first-order valence-electron chi connectivity index (χ1n) is 7.68. The average molecular weight is 291 g/mol. The van der Waals surface area contributed by atoms with Crippen LogP contribution in [0.4, 0.5) is 0 Å². The number of nitrogens with one attached hydrogen (secondary N) is 1. The van der Waals surface area contributed by atoms with Crippen LogP contribution in [-0.2, 0) is 6.42 Å². The van der Waals surface area contributed by atoms with Gasteiger partial charge in [0.2, 0.25) is 0 Å². The Bertz CT molecular complexity index is 855. The van der Waals surface area contributed by atoms with Crippen LogP contribution in [-0.4, -0.2) is 7.05 Å². The lowest BCUT2D eigenvalue weighted by molar-refractivity contribution is 0.660. The first kappa shape index (κ1) is 14.5. The van der Waals surface area contributed by atoms with E-state index in [4.69, 9.17) is 4.42 Å². The minimum Gasteiger partial charge on any atom is -0.455 e. The van der Waals surface area contributed by atoms with Crippen LogP contribution in [0.25, 0.3) is 27.6 Å². The van der Waals surface area contributed by atoms with E-state index < -0.39 is 0 Å². The lowest BCUT2D eigenvalue weighted by Crippen LogP contribution is -2.04. The molecule has 0 aliphatic rings. The fourth-order valence-corrected chi connectivity index (χ4v) is 2.98. The Balaban J connectivity index is 2.29. The van der Waals surface area contributed by atoms with Crippen molar-refractivity contribution < 1.29 is 4.42 Å². The highest BCUT2D eigenvalue weighted by Gasteiger charge is 2.14. The van der Waals surface area contributed by atoms with Gasteiger partial charge >= 0.3 is 0 Å². The molecular weight excluding hydrogens is 270 g/mol. The van der Waals surface area contributed by atoms with Crippen LogP contribution >= 0.6 is 0 Å². The molecule has 0 amide bonds. The van der Waals surface area contributed by atoms with Crippen LogP contribution in [0.3, 0.4) is 0 Å². The molecule has 0 atom stereocenters. The number of benzene rings is 2. The zero-order valence-electron chi connectivity index (χ0n) is 13.1. The predicted octanol–water partition coefficient (Wildman–Crippen LogP) is 5.28. The maximum absolute atomic E-state index is 6.28. The number of hydrogen-bond donors (Lipinski definition) is 1. The Kier molecular flexibility index (Phi) is 4.01. The third-order valence-corrected chi connectivity index (χ3v) is 4.07. The van der Waals surface area contributed by atoms with Gasteiger partial charge in [-0.2, -0.15) is 0 Å². The van der Waals surface area contributed by atoms with Gasteiger partial charge in [0, 0.05) is 29.1 Å². The van der Waals surface area contributed by atoms with E-state index in [2.05, 4.69) is 54.4 Å². The van der Waals surface area contributed by atoms with Crippen molar-refractivity contribution in [1.82, 2.24) is 5.32 Å². The zero-order chi connectivity index (χ0) is 15.5. The number of para-hydroxylation sites is 2. The molecule has 0 aliphatic carbocycles. The molecule has 112 valence electrons. The van der Waals surface area contributed by atoms with Crippen molar-refractivity contribution in [3.05, 3.63) is 66.3 Å². The predicted molar refractivity (Wildman–Crippen MR) is 94.9 cm³/mol. The molecule has 2 aromatic carbocycles. The van der Waals surface area contributed by atoms with E-state index in [9.17, 15) is 0 Å². The van der Waals surface area contributed by atoms with Crippen molar-refractivity contribution in [2.45, 2.75) is 19.8 Å². The summed E-state index contributed by atoms with van der Waals surface area (Å²) in [6.07, 6.45) is 5.94. The average Bonchev–Trinajstić information content (AvgIpc) is 2.94. The van der Waals surface area contributed by atoms with Gasteiger partial charge in [-0.05, 0) is 31.4 Å². The number of allylic oxidation sites excluding steroid dienone is 2. The summed E-state index contributed by atoms with van der Waals surface area (Å²) in [6, 6.07) is 12.7. The minimum absolute atomic E-state index is 0.950. The number of hydrogen-bond acceptors (Lipinski definition) is 2. The third kappa shape index (κ3) is 2.31. The van der Waals surface area contributed by atoms with Crippen molar-refractivity contribution in [2.75, 3.05) is 7.05 Å². The number of aryl methyl sites for hydroxylation is 1. The van der Waals surface area contributed by atoms with Crippen molar-refractivity contribution in [2.24, 2.45) is 0 Å². The van der Waals surface area contributed by atoms with Gasteiger partial charge in [0.15, 0.2) is 0 Å². The van der Waals surface area contributed by atoms with E-state index >= 15 is 0 Å². The largest absolute Gasteiger partial charge is 0.455 e. The summed E-state index contributed by atoms with van der Waals surface area (Å²) in [7, 11) is 1.94. The van der Waals surface area contributed by atoms with E-state index in [0.717, 1.165) is 35.3 Å². The molecule has 3 aromatic rings. The maximum Gasteiger partial charge on any atom is 0.144 e. The summed E-state index contributed by atoms with van der Waals surface area (Å²) >= 11 is 0. The summed E-state index contributed by atoms with van der Waals surface area (Å²) in [5, 5.41) is 5.60. The lowest BCUT2D eigenvalue weighted by atomic mass is 10.0. The molecule has 0 saturated heterocycles. The first-order valence-corrected chi connectivity index (χ1v) is 7.68. The van der Waals surface area contributed by atoms with Gasteiger partial charge < -0.3 is 9.73 Å². The first-order chi connectivity index (χ1) is 10.8. The Hall–Kier alpha value is -2.48. The summed E-state index contributed by atoms with van der Waals surface area (Å²) in [5.74, 6) is 0. The number of fused-ring (bicyclic) bond motifs is 3. The molecule has 1 aromatic heterocycles. The second-order valence-electron chi connectivity index (χ2n) is 5.36. The van der Waals surface area contributed by atoms with Crippen molar-refractivity contribution in [1.29, 1.82) is 0 Å². The van der Waals surface area contributed by atoms with Crippen LogP contribution in [0, 0.1) is 0 Å². The van der Waals surface area contributed by atoms with E-state index in [1.165, 1.54) is 16.3 Å². The van der Waals surface area contributed by atoms with E-state index in [1.54, 1.807) is 0 Å². The molecular formula is C20H21NO. The monoisotopic (exact) mass is 291 g/mol. The molecule has 0 unspecified atom stereocenters. The van der Waals surface area contributed by atoms with Crippen LogP contribution < -0.4 is 5.32 Å². The van der Waals surface area contributed by atoms with Crippen LogP contribution in [0.2, 0.25) is 0 Å². The van der Waals surface area contributed by atoms with Crippen LogP contribution in [0.15, 0.2) is 59.5 Å². The Labute approximate surface area is 131 Å². The van der Waals surface area contributed by atoms with Gasteiger partial charge in [-0.1, -0.05) is 42.5 Å². The highest BCUT2D eigenvalue weighted by atomic mass is 16.3. The highest BCUT2D eigenvalue weighted by molar-refractivity contribution is 6.08. The number of rotatable bonds is 5. The van der Waals surface area contributed by atoms with Gasteiger partial charge in [-0.3, -0.25) is 0 Å². The second kappa shape index (κ2) is 6.10. The van der Waals surface area contributed by atoms with E-state index in [-0.39, 0.29) is 0 Å². The highest BCUT2D eigenvalue weighted by Crippen LogP contribution is 2.35. The standard InChI is InChI=1S/C20H21NO/c1-4-6-9-14-10-7-11-15-16-12-8-13-17(18(5-2)21-3)20(16)22-19(14)15/h4-5,7-8,10-13,21H,1,6,9H2,2-3H3/b18-5-. The Morgan fingerprint density at radius 2 is 1.86 bits per heavy atom. The molecule has 0 radical (unpaired) electrons. The normalized spacial score (nSPS) is 12.0. The summed E-state index contributed by atoms with van der Waals surface area (Å²) in [5.41, 5.74) is 5.38. The van der Waals surface area contributed by atoms with Crippen molar-refractivity contribution in [3.8, 4) is 0 Å². The van der Waals surface area contributed by atoms with E-state index in [1.807, 2.05) is 20.0 Å². The van der Waals surface area contributed by atoms with Gasteiger partial charge in [-0.25, -0.2) is 0 Å². The minimum atomic E-state index is 0.950. The molecule has 0 aliphatic heterocycles. The SMILES string of the molecule is C=CCCc1cccc2c1oc1c(/C(=C/C)NC)cccc12. The molecule has 2 nitrogen and oxygen atoms in total. The zero-order valence-corrected chi connectivity index (χ0v) is 13.1. The van der Waals surface area contributed by atoms with Gasteiger partial charge in [0.25, 0.3) is 0 Å². The quantitative estimate of drug-likeness (QED) is 0.646. The van der Waals surface area contributed by atoms with Gasteiger partial charge in [0.1, 0.15) is 11.2 Å². The number of furan rings is 1. The maximum atomic E-state index is 6.28. The van der Waals surface area contributed by atoms with Gasteiger partial charge in [0.05, 0.1) is 0 Å². The third-order valence-electron chi connectivity index (χ3n) is 4.07. The second-order valence-corrected chi connectivity index (χ2v) is 5.36. The fourth-order valence-electron chi connectivity index (χ4n) is 2.98. The molecule has 1 N–H and O–H groups in total. The summed E-state index contributed by atoms with van der Waals surface area (Å²) in [4.78, 5) is 0. The van der Waals surface area contributed by atoms with Crippen LogP contribution in [0.1, 0.15) is 24.5 Å². The molecule has 0 spiro atoms. The summed E-state index contributed by atoms with van der Waals surface area (Å²) < 4.78 is 6.28. The lowest BCUT2D eigenvalue weighted by Gasteiger charge is -2.06. The Morgan fingerprint density at radius 3 is 2.55 bits per heavy atom. The molecule has 0 saturated carbocycles. The fraction of sp³-hybridized carbons (Fsp3) is 0.200. The molecule has 22 heavy (non-hydrogen) atoms. The molecule has 1 heterocycles. The molecule has 0 fully saturated rings. The van der Waals surface area contributed by atoms with Crippen LogP contribution in [0.5, 0.6) is 0 Å². The smallest absolute Gasteiger partial charge is 0.144 e. The van der Waals surface area contributed by atoms with Crippen molar-refractivity contribution in [3.63, 3.8) is 0 Å². The van der Waals surface area contributed by atoms with Gasteiger partial charge in [-0.15, -0.1) is 6.58 Å². The van der Waals surface area contributed by atoms with E-state index in [0.29, 0.717) is 0 Å². The molecule has 0 bridgehead atoms. The van der Waals surface area contributed by atoms with Crippen molar-refractivity contribution >= 4 is 27.6 Å². The molecule has 2 heteroatoms.